The van der Waals surface area contributed by atoms with Crippen LogP contribution < -0.4 is 5.32 Å². The van der Waals surface area contributed by atoms with Crippen molar-refractivity contribution in [1.82, 2.24) is 15.1 Å². The smallest absolute Gasteiger partial charge is 0.227 e. The van der Waals surface area contributed by atoms with Crippen LogP contribution in [0.25, 0.3) is 0 Å². The lowest BCUT2D eigenvalue weighted by atomic mass is 9.94. The molecule has 96 valence electrons. The maximum atomic E-state index is 12.1. The summed E-state index contributed by atoms with van der Waals surface area (Å²) < 4.78 is 0. The Kier molecular flexibility index (Phi) is 3.66. The number of nitrogens with one attached hydrogen (secondary N) is 1. The van der Waals surface area contributed by atoms with E-state index in [0.717, 1.165) is 25.9 Å². The van der Waals surface area contributed by atoms with Crippen LogP contribution in [-0.2, 0) is 9.59 Å². The Bertz CT molecular complexity index is 317. The molecule has 2 atom stereocenters. The number of nitrogens with zero attached hydrogens (tertiary/aromatic N) is 2. The molecule has 0 bridgehead atoms. The van der Waals surface area contributed by atoms with Crippen molar-refractivity contribution in [3.05, 3.63) is 0 Å². The molecule has 5 heteroatoms. The number of fused-ring (bicyclic) bond motifs is 1. The zero-order valence-corrected chi connectivity index (χ0v) is 10.6. The van der Waals surface area contributed by atoms with Gasteiger partial charge < -0.3 is 15.1 Å². The van der Waals surface area contributed by atoms with E-state index in [-0.39, 0.29) is 17.7 Å². The van der Waals surface area contributed by atoms with E-state index in [1.807, 2.05) is 4.90 Å². The van der Waals surface area contributed by atoms with Crippen molar-refractivity contribution >= 4 is 11.8 Å². The Morgan fingerprint density at radius 2 is 2.29 bits per heavy atom. The van der Waals surface area contributed by atoms with Gasteiger partial charge in [0.1, 0.15) is 0 Å². The van der Waals surface area contributed by atoms with Gasteiger partial charge in [-0.3, -0.25) is 9.59 Å². The minimum Gasteiger partial charge on any atom is -0.349 e. The molecule has 0 radical (unpaired) electrons. The molecule has 2 unspecified atom stereocenters. The quantitative estimate of drug-likeness (QED) is 0.734. The Morgan fingerprint density at radius 1 is 1.53 bits per heavy atom. The third kappa shape index (κ3) is 2.60. The highest BCUT2D eigenvalue weighted by Gasteiger charge is 2.41. The molecule has 0 aliphatic carbocycles. The predicted octanol–water partition coefficient (Wildman–Crippen LogP) is -0.325. The summed E-state index contributed by atoms with van der Waals surface area (Å²) in [4.78, 5) is 27.0. The van der Waals surface area contributed by atoms with E-state index in [1.54, 1.807) is 19.0 Å². The van der Waals surface area contributed by atoms with E-state index in [9.17, 15) is 9.59 Å². The van der Waals surface area contributed by atoms with Crippen LogP contribution in [0.2, 0.25) is 0 Å². The highest BCUT2D eigenvalue weighted by Crippen LogP contribution is 2.26. The van der Waals surface area contributed by atoms with Crippen molar-refractivity contribution < 1.29 is 9.59 Å². The zero-order chi connectivity index (χ0) is 12.4. The van der Waals surface area contributed by atoms with Crippen LogP contribution in [0.3, 0.4) is 0 Å². The van der Waals surface area contributed by atoms with Gasteiger partial charge >= 0.3 is 0 Å². The Hall–Kier alpha value is -1.10. The molecule has 2 fully saturated rings. The number of piperidine rings is 1. The van der Waals surface area contributed by atoms with Crippen molar-refractivity contribution in [2.24, 2.45) is 5.92 Å². The van der Waals surface area contributed by atoms with Crippen LogP contribution in [0.15, 0.2) is 0 Å². The Balaban J connectivity index is 1.86. The summed E-state index contributed by atoms with van der Waals surface area (Å²) in [6.07, 6.45) is 2.50. The molecule has 2 amide bonds. The highest BCUT2D eigenvalue weighted by molar-refractivity contribution is 5.83. The van der Waals surface area contributed by atoms with Gasteiger partial charge in [-0.15, -0.1) is 0 Å². The lowest BCUT2D eigenvalue weighted by Crippen LogP contribution is -2.41. The third-order valence-corrected chi connectivity index (χ3v) is 3.72. The van der Waals surface area contributed by atoms with E-state index < -0.39 is 0 Å². The second-order valence-corrected chi connectivity index (χ2v) is 5.13. The molecule has 2 aliphatic rings. The largest absolute Gasteiger partial charge is 0.349 e. The van der Waals surface area contributed by atoms with Gasteiger partial charge in [0.25, 0.3) is 0 Å². The van der Waals surface area contributed by atoms with Gasteiger partial charge in [-0.05, 0) is 19.4 Å². The van der Waals surface area contributed by atoms with Crippen LogP contribution in [0.5, 0.6) is 0 Å². The number of likely N-dealkylation sites (tertiary alicyclic amines) is 1. The fraction of sp³-hybridized carbons (Fsp3) is 0.833. The molecule has 0 aromatic heterocycles. The summed E-state index contributed by atoms with van der Waals surface area (Å²) in [5.74, 6) is 0.465. The Morgan fingerprint density at radius 3 is 2.94 bits per heavy atom. The molecule has 2 rings (SSSR count). The molecule has 2 aliphatic heterocycles. The number of carbonyl (C=O) groups excluding carboxylic acids is 2. The molecule has 0 aromatic rings. The summed E-state index contributed by atoms with van der Waals surface area (Å²) in [5, 5.41) is 3.39. The average molecular weight is 239 g/mol. The molecule has 17 heavy (non-hydrogen) atoms. The van der Waals surface area contributed by atoms with Crippen LogP contribution in [0.1, 0.15) is 19.3 Å². The van der Waals surface area contributed by atoms with Crippen LogP contribution >= 0.6 is 0 Å². The first-order valence-electron chi connectivity index (χ1n) is 6.32. The lowest BCUT2D eigenvalue weighted by molar-refractivity contribution is -0.133. The first kappa shape index (κ1) is 12.4. The van der Waals surface area contributed by atoms with Gasteiger partial charge in [0.2, 0.25) is 11.8 Å². The molecule has 5 nitrogen and oxygen atoms in total. The van der Waals surface area contributed by atoms with Crippen molar-refractivity contribution in [1.29, 1.82) is 0 Å². The number of hydrogen-bond donors (Lipinski definition) is 1. The molecular weight excluding hydrogens is 218 g/mol. The van der Waals surface area contributed by atoms with E-state index in [1.165, 1.54) is 0 Å². The van der Waals surface area contributed by atoms with Crippen LogP contribution in [0, 0.1) is 5.92 Å². The standard InChI is InChI=1S/C12H21N3O2/c1-14(2)11(16)5-7-15-8-10-9(12(15)17)4-3-6-13-10/h9-10,13H,3-8H2,1-2H3. The van der Waals surface area contributed by atoms with Crippen molar-refractivity contribution in [2.45, 2.75) is 25.3 Å². The fourth-order valence-electron chi connectivity index (χ4n) is 2.66. The number of hydrogen-bond acceptors (Lipinski definition) is 3. The second-order valence-electron chi connectivity index (χ2n) is 5.13. The first-order valence-corrected chi connectivity index (χ1v) is 6.32. The third-order valence-electron chi connectivity index (χ3n) is 3.72. The lowest BCUT2D eigenvalue weighted by Gasteiger charge is -2.23. The summed E-state index contributed by atoms with van der Waals surface area (Å²) in [5.41, 5.74) is 0. The maximum Gasteiger partial charge on any atom is 0.227 e. The minimum absolute atomic E-state index is 0.0839. The van der Waals surface area contributed by atoms with Gasteiger partial charge in [-0.25, -0.2) is 0 Å². The maximum absolute atomic E-state index is 12.1. The van der Waals surface area contributed by atoms with Gasteiger partial charge in [0.05, 0.1) is 5.92 Å². The van der Waals surface area contributed by atoms with Gasteiger partial charge in [-0.2, -0.15) is 0 Å². The predicted molar refractivity (Wildman–Crippen MR) is 64.4 cm³/mol. The molecule has 2 saturated heterocycles. The molecule has 2 heterocycles. The Labute approximate surface area is 102 Å². The highest BCUT2D eigenvalue weighted by atomic mass is 16.2. The van der Waals surface area contributed by atoms with Gasteiger partial charge in [0, 0.05) is 39.6 Å². The second kappa shape index (κ2) is 5.04. The van der Waals surface area contributed by atoms with Crippen LogP contribution in [-0.4, -0.2) is 61.4 Å². The molecule has 1 N–H and O–H groups in total. The van der Waals surface area contributed by atoms with Crippen molar-refractivity contribution in [3.63, 3.8) is 0 Å². The summed E-state index contributed by atoms with van der Waals surface area (Å²) in [6.45, 7) is 2.34. The topological polar surface area (TPSA) is 52.7 Å². The number of carbonyl (C=O) groups is 2. The van der Waals surface area contributed by atoms with E-state index >= 15 is 0 Å². The fourth-order valence-corrected chi connectivity index (χ4v) is 2.66. The van der Waals surface area contributed by atoms with Gasteiger partial charge in [-0.1, -0.05) is 0 Å². The van der Waals surface area contributed by atoms with Gasteiger partial charge in [0.15, 0.2) is 0 Å². The summed E-state index contributed by atoms with van der Waals surface area (Å²) >= 11 is 0. The minimum atomic E-state index is 0.0839. The molecule has 0 aromatic carbocycles. The van der Waals surface area contributed by atoms with Crippen molar-refractivity contribution in [2.75, 3.05) is 33.7 Å². The number of amides is 2. The molecule has 0 spiro atoms. The average Bonchev–Trinajstić information content (AvgIpc) is 2.64. The molecule has 0 saturated carbocycles. The van der Waals surface area contributed by atoms with E-state index in [0.29, 0.717) is 19.0 Å². The normalized spacial score (nSPS) is 28.1. The molecular formula is C12H21N3O2. The summed E-state index contributed by atoms with van der Waals surface area (Å²) in [6, 6.07) is 0.311. The first-order chi connectivity index (χ1) is 8.09. The van der Waals surface area contributed by atoms with Crippen molar-refractivity contribution in [3.8, 4) is 0 Å². The SMILES string of the molecule is CN(C)C(=O)CCN1CC2NCCCC2C1=O. The van der Waals surface area contributed by atoms with Crippen LogP contribution in [0.4, 0.5) is 0 Å². The summed E-state index contributed by atoms with van der Waals surface area (Å²) in [7, 11) is 3.49. The van der Waals surface area contributed by atoms with E-state index in [4.69, 9.17) is 0 Å². The number of rotatable bonds is 3. The van der Waals surface area contributed by atoms with E-state index in [2.05, 4.69) is 5.32 Å². The zero-order valence-electron chi connectivity index (χ0n) is 10.6. The monoisotopic (exact) mass is 239 g/mol.